The highest BCUT2D eigenvalue weighted by Gasteiger charge is 2.57. The first-order chi connectivity index (χ1) is 4.91. The van der Waals surface area contributed by atoms with Crippen LogP contribution >= 0.6 is 0 Å². The molecule has 0 amide bonds. The van der Waals surface area contributed by atoms with Gasteiger partial charge in [0.05, 0.1) is 0 Å². The van der Waals surface area contributed by atoms with Crippen LogP contribution in [0.5, 0.6) is 0 Å². The molecule has 2 unspecified atom stereocenters. The molecule has 3 rings (SSSR count). The molecule has 1 aliphatic heterocycles. The van der Waals surface area contributed by atoms with Gasteiger partial charge in [-0.15, -0.1) is 0 Å². The van der Waals surface area contributed by atoms with Crippen molar-refractivity contribution in [2.24, 2.45) is 17.3 Å². The van der Waals surface area contributed by atoms with Crippen LogP contribution in [0.25, 0.3) is 0 Å². The first kappa shape index (κ1) is 5.59. The average molecular weight is 137 g/mol. The van der Waals surface area contributed by atoms with Gasteiger partial charge in [0.1, 0.15) is 0 Å². The molecule has 1 heterocycles. The fourth-order valence-corrected chi connectivity index (χ4v) is 3.38. The van der Waals surface area contributed by atoms with Crippen molar-refractivity contribution >= 4 is 0 Å². The zero-order chi connectivity index (χ0) is 6.60. The Hall–Kier alpha value is -0.0400. The molecule has 10 heavy (non-hydrogen) atoms. The molecule has 2 saturated carbocycles. The van der Waals surface area contributed by atoms with E-state index in [4.69, 9.17) is 0 Å². The molecular weight excluding hydrogens is 122 g/mol. The summed E-state index contributed by atoms with van der Waals surface area (Å²) < 4.78 is 0. The monoisotopic (exact) mass is 137 g/mol. The quantitative estimate of drug-likeness (QED) is 0.532. The number of rotatable bonds is 0. The van der Waals surface area contributed by atoms with Gasteiger partial charge in [0.15, 0.2) is 0 Å². The van der Waals surface area contributed by atoms with E-state index in [9.17, 15) is 0 Å². The molecule has 1 N–H and O–H groups in total. The molecule has 1 heteroatoms. The Kier molecular flexibility index (Phi) is 0.883. The van der Waals surface area contributed by atoms with E-state index in [0.717, 1.165) is 17.3 Å². The Morgan fingerprint density at radius 2 is 2.10 bits per heavy atom. The lowest BCUT2D eigenvalue weighted by atomic mass is 9.46. The van der Waals surface area contributed by atoms with Crippen LogP contribution in [-0.2, 0) is 0 Å². The Bertz CT molecular complexity index is 160. The van der Waals surface area contributed by atoms with Gasteiger partial charge in [-0.3, -0.25) is 0 Å². The molecule has 0 radical (unpaired) electrons. The van der Waals surface area contributed by atoms with Crippen molar-refractivity contribution in [2.75, 3.05) is 13.1 Å². The normalized spacial score (nSPS) is 48.0. The summed E-state index contributed by atoms with van der Waals surface area (Å²) in [5.41, 5.74) is 0.883. The Morgan fingerprint density at radius 1 is 1.20 bits per heavy atom. The van der Waals surface area contributed by atoms with Crippen LogP contribution in [0, 0.1) is 17.3 Å². The molecule has 0 aromatic rings. The van der Waals surface area contributed by atoms with Crippen molar-refractivity contribution in [1.82, 2.24) is 5.32 Å². The first-order valence-electron chi connectivity index (χ1n) is 4.61. The van der Waals surface area contributed by atoms with Crippen LogP contribution in [0.4, 0.5) is 0 Å². The number of nitrogens with one attached hydrogen (secondary N) is 1. The van der Waals surface area contributed by atoms with Crippen LogP contribution in [-0.4, -0.2) is 13.1 Å². The number of hydrogen-bond donors (Lipinski definition) is 1. The molecule has 2 aliphatic carbocycles. The number of fused-ring (bicyclic) bond motifs is 2. The molecular formula is C9H15N. The predicted molar refractivity (Wildman–Crippen MR) is 40.8 cm³/mol. The van der Waals surface area contributed by atoms with Crippen molar-refractivity contribution in [3.63, 3.8) is 0 Å². The van der Waals surface area contributed by atoms with E-state index in [1.165, 1.54) is 19.5 Å². The van der Waals surface area contributed by atoms with E-state index in [2.05, 4.69) is 5.32 Å². The third kappa shape index (κ3) is 0.460. The zero-order valence-corrected chi connectivity index (χ0v) is 6.40. The lowest BCUT2D eigenvalue weighted by Crippen LogP contribution is -2.51. The highest BCUT2D eigenvalue weighted by Crippen LogP contribution is 2.63. The molecule has 2 atom stereocenters. The molecule has 0 bridgehead atoms. The topological polar surface area (TPSA) is 12.0 Å². The molecule has 3 fully saturated rings. The molecule has 0 aromatic carbocycles. The van der Waals surface area contributed by atoms with E-state index in [-0.39, 0.29) is 0 Å². The van der Waals surface area contributed by atoms with Gasteiger partial charge >= 0.3 is 0 Å². The van der Waals surface area contributed by atoms with Crippen LogP contribution in [0.1, 0.15) is 25.7 Å². The first-order valence-corrected chi connectivity index (χ1v) is 4.61. The molecule has 56 valence electrons. The molecule has 1 nitrogen and oxygen atoms in total. The summed E-state index contributed by atoms with van der Waals surface area (Å²) in [6, 6.07) is 0. The van der Waals surface area contributed by atoms with Crippen molar-refractivity contribution in [3.05, 3.63) is 0 Å². The van der Waals surface area contributed by atoms with Crippen molar-refractivity contribution in [3.8, 4) is 0 Å². The lowest BCUT2D eigenvalue weighted by Gasteiger charge is -2.58. The third-order valence-corrected chi connectivity index (χ3v) is 4.14. The van der Waals surface area contributed by atoms with Crippen LogP contribution < -0.4 is 5.32 Å². The highest BCUT2D eigenvalue weighted by molar-refractivity contribution is 5.09. The second-order valence-corrected chi connectivity index (χ2v) is 4.44. The van der Waals surface area contributed by atoms with Crippen molar-refractivity contribution in [1.29, 1.82) is 0 Å². The van der Waals surface area contributed by atoms with Gasteiger partial charge in [0, 0.05) is 0 Å². The van der Waals surface area contributed by atoms with E-state index < -0.39 is 0 Å². The average Bonchev–Trinajstić information content (AvgIpc) is 2.09. The second kappa shape index (κ2) is 1.58. The summed E-state index contributed by atoms with van der Waals surface area (Å²) in [7, 11) is 0. The van der Waals surface area contributed by atoms with Crippen LogP contribution in [0.2, 0.25) is 0 Å². The minimum atomic E-state index is 0.883. The largest absolute Gasteiger partial charge is 0.316 e. The zero-order valence-electron chi connectivity index (χ0n) is 6.40. The summed E-state index contributed by atoms with van der Waals surface area (Å²) in [6.45, 7) is 2.66. The highest BCUT2D eigenvalue weighted by atomic mass is 15.0. The Balaban J connectivity index is 1.81. The summed E-state index contributed by atoms with van der Waals surface area (Å²) in [6.07, 6.45) is 6.18. The van der Waals surface area contributed by atoms with Gasteiger partial charge in [-0.2, -0.15) is 0 Å². The summed E-state index contributed by atoms with van der Waals surface area (Å²) in [5.74, 6) is 2.18. The van der Waals surface area contributed by atoms with Crippen molar-refractivity contribution in [2.45, 2.75) is 25.7 Å². The second-order valence-electron chi connectivity index (χ2n) is 4.44. The van der Waals surface area contributed by atoms with Crippen molar-refractivity contribution < 1.29 is 0 Å². The maximum Gasteiger partial charge on any atom is -0.00120 e. The third-order valence-electron chi connectivity index (χ3n) is 4.14. The summed E-state index contributed by atoms with van der Waals surface area (Å²) in [4.78, 5) is 0. The van der Waals surface area contributed by atoms with Gasteiger partial charge in [0.25, 0.3) is 0 Å². The van der Waals surface area contributed by atoms with Gasteiger partial charge in [-0.05, 0) is 49.6 Å². The molecule has 1 spiro atoms. The van der Waals surface area contributed by atoms with Gasteiger partial charge in [-0.25, -0.2) is 0 Å². The lowest BCUT2D eigenvalue weighted by molar-refractivity contribution is -0.0771. The summed E-state index contributed by atoms with van der Waals surface area (Å²) in [5, 5.41) is 3.51. The minimum absolute atomic E-state index is 0.883. The predicted octanol–water partition coefficient (Wildman–Crippen LogP) is 1.40. The van der Waals surface area contributed by atoms with E-state index in [0.29, 0.717) is 0 Å². The fraction of sp³-hybridized carbons (Fsp3) is 1.00. The van der Waals surface area contributed by atoms with Gasteiger partial charge in [-0.1, -0.05) is 6.42 Å². The Labute approximate surface area is 62.2 Å². The van der Waals surface area contributed by atoms with Gasteiger partial charge < -0.3 is 5.32 Å². The van der Waals surface area contributed by atoms with Crippen LogP contribution in [0.3, 0.4) is 0 Å². The SMILES string of the molecule is C1CC2(C1)CC1CNCC12. The molecule has 1 saturated heterocycles. The van der Waals surface area contributed by atoms with Crippen LogP contribution in [0.15, 0.2) is 0 Å². The number of hydrogen-bond acceptors (Lipinski definition) is 1. The summed E-state index contributed by atoms with van der Waals surface area (Å²) >= 11 is 0. The fourth-order valence-electron chi connectivity index (χ4n) is 3.38. The minimum Gasteiger partial charge on any atom is -0.316 e. The standard InChI is InChI=1S/C9H15N/c1-2-9(3-1)4-7-5-10-6-8(7)9/h7-8,10H,1-6H2. The van der Waals surface area contributed by atoms with E-state index >= 15 is 0 Å². The van der Waals surface area contributed by atoms with E-state index in [1.54, 1.807) is 19.3 Å². The van der Waals surface area contributed by atoms with E-state index in [1.807, 2.05) is 0 Å². The molecule has 0 aromatic heterocycles. The maximum atomic E-state index is 3.51. The smallest absolute Gasteiger partial charge is 0.00120 e. The Morgan fingerprint density at radius 3 is 2.70 bits per heavy atom. The van der Waals surface area contributed by atoms with Gasteiger partial charge in [0.2, 0.25) is 0 Å². The maximum absolute atomic E-state index is 3.51. The molecule has 3 aliphatic rings.